The monoisotopic (exact) mass is 299 g/mol. The van der Waals surface area contributed by atoms with Crippen molar-refractivity contribution in [3.63, 3.8) is 0 Å². The van der Waals surface area contributed by atoms with E-state index >= 15 is 0 Å². The lowest BCUT2D eigenvalue weighted by Gasteiger charge is -2.36. The molecule has 0 aromatic heterocycles. The minimum atomic E-state index is -1.04. The number of nitrogens with zero attached hydrogens (tertiary/aromatic N) is 2. The standard InChI is InChI=1S/C15H29N3O3/c1-6-15(13(19)20)8-7-9-18(15)14(21)16-12(11(2)3)10-17(4)5/h11-12H,6-10H2,1-5H3,(H,16,21)(H,19,20). The number of nitrogens with one attached hydrogen (secondary N) is 1. The van der Waals surface area contributed by atoms with Crippen LogP contribution in [-0.2, 0) is 4.79 Å². The number of hydrogen-bond acceptors (Lipinski definition) is 3. The first kappa shape index (κ1) is 17.8. The number of rotatable bonds is 6. The van der Waals surface area contributed by atoms with Crippen LogP contribution in [0.4, 0.5) is 4.79 Å². The Morgan fingerprint density at radius 3 is 2.43 bits per heavy atom. The number of likely N-dealkylation sites (N-methyl/N-ethyl adjacent to an activating group) is 1. The van der Waals surface area contributed by atoms with E-state index in [0.29, 0.717) is 25.3 Å². The van der Waals surface area contributed by atoms with Gasteiger partial charge in [0.15, 0.2) is 0 Å². The van der Waals surface area contributed by atoms with Crippen LogP contribution in [0.5, 0.6) is 0 Å². The van der Waals surface area contributed by atoms with Crippen LogP contribution in [0.15, 0.2) is 0 Å². The Morgan fingerprint density at radius 2 is 2.00 bits per heavy atom. The second-order valence-electron chi connectivity index (χ2n) is 6.51. The van der Waals surface area contributed by atoms with Gasteiger partial charge in [0.2, 0.25) is 0 Å². The van der Waals surface area contributed by atoms with Crippen LogP contribution in [0.2, 0.25) is 0 Å². The SMILES string of the molecule is CCC1(C(=O)O)CCCN1C(=O)NC(CN(C)C)C(C)C. The van der Waals surface area contributed by atoms with Crippen molar-refractivity contribution in [3.05, 3.63) is 0 Å². The Kier molecular flexibility index (Phi) is 6.01. The Morgan fingerprint density at radius 1 is 1.38 bits per heavy atom. The van der Waals surface area contributed by atoms with Crippen molar-refractivity contribution < 1.29 is 14.7 Å². The Bertz CT molecular complexity index is 384. The van der Waals surface area contributed by atoms with Gasteiger partial charge in [-0.15, -0.1) is 0 Å². The number of carbonyl (C=O) groups excluding carboxylic acids is 1. The summed E-state index contributed by atoms with van der Waals surface area (Å²) in [6.07, 6.45) is 1.72. The topological polar surface area (TPSA) is 72.9 Å². The highest BCUT2D eigenvalue weighted by Gasteiger charge is 2.48. The molecular formula is C15H29N3O3. The molecule has 2 N–H and O–H groups in total. The molecule has 21 heavy (non-hydrogen) atoms. The molecule has 0 saturated carbocycles. The first-order valence-corrected chi connectivity index (χ1v) is 7.71. The van der Waals surface area contributed by atoms with Gasteiger partial charge in [0.25, 0.3) is 0 Å². The Labute approximate surface area is 127 Å². The van der Waals surface area contributed by atoms with Gasteiger partial charge >= 0.3 is 12.0 Å². The summed E-state index contributed by atoms with van der Waals surface area (Å²) in [5.74, 6) is -0.605. The molecule has 1 fully saturated rings. The van der Waals surface area contributed by atoms with Gasteiger partial charge in [-0.3, -0.25) is 0 Å². The molecule has 0 bridgehead atoms. The number of urea groups is 1. The second-order valence-corrected chi connectivity index (χ2v) is 6.51. The molecule has 1 heterocycles. The molecule has 1 saturated heterocycles. The van der Waals surface area contributed by atoms with E-state index in [-0.39, 0.29) is 12.1 Å². The number of likely N-dealkylation sites (tertiary alicyclic amines) is 1. The van der Waals surface area contributed by atoms with Crippen molar-refractivity contribution in [1.29, 1.82) is 0 Å². The fourth-order valence-electron chi connectivity index (χ4n) is 2.97. The van der Waals surface area contributed by atoms with Crippen LogP contribution >= 0.6 is 0 Å². The van der Waals surface area contributed by atoms with E-state index in [1.807, 2.05) is 25.9 Å². The van der Waals surface area contributed by atoms with Gasteiger partial charge in [-0.25, -0.2) is 9.59 Å². The number of amides is 2. The fraction of sp³-hybridized carbons (Fsp3) is 0.867. The number of hydrogen-bond donors (Lipinski definition) is 2. The third-order valence-electron chi connectivity index (χ3n) is 4.39. The highest BCUT2D eigenvalue weighted by atomic mass is 16.4. The molecule has 0 aliphatic carbocycles. The normalized spacial score (nSPS) is 23.7. The van der Waals surface area contributed by atoms with Crippen molar-refractivity contribution in [1.82, 2.24) is 15.1 Å². The zero-order valence-corrected chi connectivity index (χ0v) is 13.8. The van der Waals surface area contributed by atoms with Crippen molar-refractivity contribution in [2.75, 3.05) is 27.2 Å². The maximum Gasteiger partial charge on any atom is 0.329 e. The predicted molar refractivity (Wildman–Crippen MR) is 82.3 cm³/mol. The summed E-state index contributed by atoms with van der Waals surface area (Å²) < 4.78 is 0. The van der Waals surface area contributed by atoms with Gasteiger partial charge in [0, 0.05) is 19.1 Å². The minimum absolute atomic E-state index is 0.0106. The summed E-state index contributed by atoms with van der Waals surface area (Å²) in [5, 5.41) is 12.6. The molecule has 0 radical (unpaired) electrons. The minimum Gasteiger partial charge on any atom is -0.479 e. The van der Waals surface area contributed by atoms with Crippen LogP contribution in [0.1, 0.15) is 40.0 Å². The molecule has 2 amide bonds. The first-order chi connectivity index (χ1) is 9.74. The lowest BCUT2D eigenvalue weighted by atomic mass is 9.93. The van der Waals surface area contributed by atoms with Crippen molar-refractivity contribution in [3.8, 4) is 0 Å². The van der Waals surface area contributed by atoms with E-state index in [1.165, 1.54) is 4.90 Å². The molecule has 1 aliphatic rings. The van der Waals surface area contributed by atoms with E-state index in [4.69, 9.17) is 0 Å². The van der Waals surface area contributed by atoms with Crippen LogP contribution in [0.3, 0.4) is 0 Å². The zero-order chi connectivity index (χ0) is 16.2. The van der Waals surface area contributed by atoms with Crippen LogP contribution in [0, 0.1) is 5.92 Å². The van der Waals surface area contributed by atoms with E-state index in [0.717, 1.165) is 13.0 Å². The fourth-order valence-corrected chi connectivity index (χ4v) is 2.97. The molecule has 6 nitrogen and oxygen atoms in total. The molecule has 2 atom stereocenters. The van der Waals surface area contributed by atoms with Gasteiger partial charge in [0.1, 0.15) is 5.54 Å². The molecule has 0 aromatic rings. The van der Waals surface area contributed by atoms with Crippen LogP contribution in [0.25, 0.3) is 0 Å². The van der Waals surface area contributed by atoms with E-state index in [1.54, 1.807) is 0 Å². The van der Waals surface area contributed by atoms with E-state index in [9.17, 15) is 14.7 Å². The number of carbonyl (C=O) groups is 2. The highest BCUT2D eigenvalue weighted by molar-refractivity contribution is 5.87. The molecule has 6 heteroatoms. The number of aliphatic carboxylic acids is 1. The molecule has 0 aromatic carbocycles. The van der Waals surface area contributed by atoms with Crippen LogP contribution in [-0.4, -0.2) is 65.7 Å². The summed E-state index contributed by atoms with van der Waals surface area (Å²) in [5.41, 5.74) is -1.04. The summed E-state index contributed by atoms with van der Waals surface area (Å²) in [6.45, 7) is 7.20. The van der Waals surface area contributed by atoms with E-state index in [2.05, 4.69) is 19.2 Å². The third kappa shape index (κ3) is 3.87. The first-order valence-electron chi connectivity index (χ1n) is 7.71. The Balaban J connectivity index is 2.84. The summed E-state index contributed by atoms with van der Waals surface area (Å²) in [7, 11) is 3.93. The molecule has 0 spiro atoms. The largest absolute Gasteiger partial charge is 0.479 e. The van der Waals surface area contributed by atoms with Gasteiger partial charge < -0.3 is 20.2 Å². The smallest absolute Gasteiger partial charge is 0.329 e. The zero-order valence-electron chi connectivity index (χ0n) is 13.8. The van der Waals surface area contributed by atoms with Gasteiger partial charge in [-0.2, -0.15) is 0 Å². The molecular weight excluding hydrogens is 270 g/mol. The average molecular weight is 299 g/mol. The van der Waals surface area contributed by atoms with Crippen molar-refractivity contribution in [2.24, 2.45) is 5.92 Å². The van der Waals surface area contributed by atoms with Gasteiger partial charge in [-0.1, -0.05) is 20.8 Å². The summed E-state index contributed by atoms with van der Waals surface area (Å²) in [6, 6.07) is -0.242. The molecule has 2 unspecified atom stereocenters. The lowest BCUT2D eigenvalue weighted by molar-refractivity contribution is -0.148. The van der Waals surface area contributed by atoms with Gasteiger partial charge in [-0.05, 0) is 39.3 Å². The lowest BCUT2D eigenvalue weighted by Crippen LogP contribution is -2.58. The maximum absolute atomic E-state index is 12.6. The van der Waals surface area contributed by atoms with E-state index < -0.39 is 11.5 Å². The van der Waals surface area contributed by atoms with Crippen molar-refractivity contribution in [2.45, 2.75) is 51.6 Å². The van der Waals surface area contributed by atoms with Gasteiger partial charge in [0.05, 0.1) is 0 Å². The second kappa shape index (κ2) is 7.11. The van der Waals surface area contributed by atoms with Crippen molar-refractivity contribution >= 4 is 12.0 Å². The number of carboxylic acid groups (broad SMARTS) is 1. The molecule has 1 rings (SSSR count). The molecule has 1 aliphatic heterocycles. The highest BCUT2D eigenvalue weighted by Crippen LogP contribution is 2.32. The maximum atomic E-state index is 12.6. The Hall–Kier alpha value is -1.30. The van der Waals surface area contributed by atoms with Crippen LogP contribution < -0.4 is 5.32 Å². The number of carboxylic acids is 1. The molecule has 122 valence electrons. The summed E-state index contributed by atoms with van der Waals surface area (Å²) in [4.78, 5) is 27.7. The quantitative estimate of drug-likeness (QED) is 0.781. The average Bonchev–Trinajstić information content (AvgIpc) is 2.82. The third-order valence-corrected chi connectivity index (χ3v) is 4.39. The summed E-state index contributed by atoms with van der Waals surface area (Å²) >= 11 is 0. The predicted octanol–water partition coefficient (Wildman–Crippen LogP) is 1.61.